The van der Waals surface area contributed by atoms with Crippen molar-refractivity contribution < 1.29 is 13.2 Å². The lowest BCUT2D eigenvalue weighted by Crippen LogP contribution is -2.15. The van der Waals surface area contributed by atoms with Crippen molar-refractivity contribution in [2.24, 2.45) is 0 Å². The highest BCUT2D eigenvalue weighted by Crippen LogP contribution is 2.27. The molecule has 21 heavy (non-hydrogen) atoms. The van der Waals surface area contributed by atoms with Gasteiger partial charge in [0.1, 0.15) is 10.4 Å². The van der Waals surface area contributed by atoms with Gasteiger partial charge in [-0.25, -0.2) is 18.4 Å². The van der Waals surface area contributed by atoms with Crippen LogP contribution in [-0.4, -0.2) is 25.5 Å². The maximum absolute atomic E-state index is 12.3. The maximum atomic E-state index is 12.3. The van der Waals surface area contributed by atoms with Crippen molar-refractivity contribution in [3.8, 4) is 5.75 Å². The fourth-order valence-corrected chi connectivity index (χ4v) is 3.53. The van der Waals surface area contributed by atoms with Crippen LogP contribution in [0.15, 0.2) is 38.5 Å². The summed E-state index contributed by atoms with van der Waals surface area (Å²) in [5, 5.41) is 0. The van der Waals surface area contributed by atoms with Gasteiger partial charge < -0.3 is 10.5 Å². The zero-order chi connectivity index (χ0) is 15.6. The minimum Gasteiger partial charge on any atom is -0.495 e. The summed E-state index contributed by atoms with van der Waals surface area (Å²) < 4.78 is 32.7. The fraction of sp³-hybridized carbons (Fsp3) is 0.0909. The van der Waals surface area contributed by atoms with E-state index in [1.807, 2.05) is 0 Å². The zero-order valence-electron chi connectivity index (χ0n) is 10.7. The molecule has 2 rings (SSSR count). The van der Waals surface area contributed by atoms with Crippen LogP contribution < -0.4 is 15.2 Å². The summed E-state index contributed by atoms with van der Waals surface area (Å²) in [7, 11) is -2.42. The van der Waals surface area contributed by atoms with Crippen LogP contribution in [-0.2, 0) is 10.0 Å². The van der Waals surface area contributed by atoms with Gasteiger partial charge >= 0.3 is 0 Å². The summed E-state index contributed by atoms with van der Waals surface area (Å²) in [6, 6.07) is 4.16. The van der Waals surface area contributed by atoms with E-state index in [9.17, 15) is 8.42 Å². The van der Waals surface area contributed by atoms with E-state index in [1.54, 1.807) is 0 Å². The first kappa shape index (κ1) is 16.0. The van der Waals surface area contributed by atoms with Crippen molar-refractivity contribution in [3.63, 3.8) is 0 Å². The molecule has 2 aromatic rings. The molecular formula is C11H10Br2N4O3S. The second kappa shape index (κ2) is 6.16. The van der Waals surface area contributed by atoms with Crippen molar-refractivity contribution in [3.05, 3.63) is 33.6 Å². The summed E-state index contributed by atoms with van der Waals surface area (Å²) in [6.45, 7) is 0. The molecule has 0 bridgehead atoms. The average molecular weight is 438 g/mol. The third-order valence-electron chi connectivity index (χ3n) is 2.45. The number of sulfonamides is 1. The quantitative estimate of drug-likeness (QED) is 0.711. The molecule has 1 aromatic heterocycles. The first-order chi connectivity index (χ1) is 9.83. The van der Waals surface area contributed by atoms with E-state index in [1.165, 1.54) is 31.5 Å². The molecule has 0 aliphatic heterocycles. The lowest BCUT2D eigenvalue weighted by atomic mass is 10.3. The number of hydrogen-bond donors (Lipinski definition) is 2. The predicted molar refractivity (Wildman–Crippen MR) is 85.6 cm³/mol. The summed E-state index contributed by atoms with van der Waals surface area (Å²) in [5.74, 6) is 0.354. The number of nitrogens with zero attached hydrogens (tertiary/aromatic N) is 2. The van der Waals surface area contributed by atoms with Gasteiger partial charge in [0.15, 0.2) is 10.4 Å². The molecule has 10 heteroatoms. The molecule has 0 fully saturated rings. The number of anilines is 2. The van der Waals surface area contributed by atoms with E-state index < -0.39 is 10.0 Å². The first-order valence-electron chi connectivity index (χ1n) is 5.48. The van der Waals surface area contributed by atoms with Crippen LogP contribution in [0.25, 0.3) is 0 Å². The lowest BCUT2D eigenvalue weighted by molar-refractivity contribution is 0.415. The third-order valence-corrected chi connectivity index (χ3v) is 4.72. The van der Waals surface area contributed by atoms with E-state index in [0.717, 1.165) is 0 Å². The standard InChI is InChI=1S/C11H10Br2N4O3S/c1-20-8-4-6(2-3-7(8)14)21(18,19)17-11-10(13)16-9(12)5-15-11/h2-5H,14H2,1H3,(H,15,17). The SMILES string of the molecule is COc1cc(S(=O)(=O)Nc2ncc(Br)nc2Br)ccc1N. The monoisotopic (exact) mass is 436 g/mol. The second-order valence-electron chi connectivity index (χ2n) is 3.84. The molecular weight excluding hydrogens is 428 g/mol. The van der Waals surface area contributed by atoms with Gasteiger partial charge in [-0.05, 0) is 44.0 Å². The Kier molecular flexibility index (Phi) is 4.69. The number of halogens is 2. The number of nitrogen functional groups attached to an aromatic ring is 1. The molecule has 0 spiro atoms. The molecule has 0 amide bonds. The van der Waals surface area contributed by atoms with Crippen molar-refractivity contribution in [2.45, 2.75) is 4.90 Å². The summed E-state index contributed by atoms with van der Waals surface area (Å²) in [6.07, 6.45) is 1.38. The van der Waals surface area contributed by atoms with Crippen LogP contribution in [0.3, 0.4) is 0 Å². The van der Waals surface area contributed by atoms with Crippen molar-refractivity contribution >= 4 is 53.4 Å². The Morgan fingerprint density at radius 3 is 2.67 bits per heavy atom. The smallest absolute Gasteiger partial charge is 0.263 e. The Labute approximate surface area is 138 Å². The normalized spacial score (nSPS) is 11.2. The van der Waals surface area contributed by atoms with Gasteiger partial charge in [-0.3, -0.25) is 4.72 Å². The molecule has 3 N–H and O–H groups in total. The summed E-state index contributed by atoms with van der Waals surface area (Å²) in [4.78, 5) is 7.95. The zero-order valence-corrected chi connectivity index (χ0v) is 14.7. The maximum Gasteiger partial charge on any atom is 0.263 e. The number of methoxy groups -OCH3 is 1. The van der Waals surface area contributed by atoms with Crippen molar-refractivity contribution in [2.75, 3.05) is 17.6 Å². The first-order valence-corrected chi connectivity index (χ1v) is 8.55. The third kappa shape index (κ3) is 3.63. The number of nitrogens with one attached hydrogen (secondary N) is 1. The highest BCUT2D eigenvalue weighted by molar-refractivity contribution is 9.11. The molecule has 0 saturated heterocycles. The number of hydrogen-bond acceptors (Lipinski definition) is 6. The molecule has 1 heterocycles. The topological polar surface area (TPSA) is 107 Å². The van der Waals surface area contributed by atoms with Gasteiger partial charge in [-0.15, -0.1) is 0 Å². The Hall–Kier alpha value is -1.39. The Morgan fingerprint density at radius 2 is 2.05 bits per heavy atom. The largest absolute Gasteiger partial charge is 0.495 e. The molecule has 0 radical (unpaired) electrons. The number of rotatable bonds is 4. The van der Waals surface area contributed by atoms with Crippen LogP contribution in [0.1, 0.15) is 0 Å². The molecule has 0 aliphatic rings. The van der Waals surface area contributed by atoms with Gasteiger partial charge in [0.05, 0.1) is 23.9 Å². The van der Waals surface area contributed by atoms with E-state index in [2.05, 4.69) is 46.5 Å². The molecule has 0 aliphatic carbocycles. The molecule has 0 saturated carbocycles. The van der Waals surface area contributed by atoms with Crippen LogP contribution in [0, 0.1) is 0 Å². The van der Waals surface area contributed by atoms with Gasteiger partial charge in [0, 0.05) is 6.07 Å². The van der Waals surface area contributed by atoms with Gasteiger partial charge in [0.25, 0.3) is 10.0 Å². The number of nitrogens with two attached hydrogens (primary N) is 1. The van der Waals surface area contributed by atoms with Gasteiger partial charge in [0.2, 0.25) is 0 Å². The van der Waals surface area contributed by atoms with Crippen LogP contribution in [0.2, 0.25) is 0 Å². The second-order valence-corrected chi connectivity index (χ2v) is 7.09. The molecule has 0 atom stereocenters. The van der Waals surface area contributed by atoms with Crippen LogP contribution in [0.5, 0.6) is 5.75 Å². The lowest BCUT2D eigenvalue weighted by Gasteiger charge is -2.10. The minimum absolute atomic E-state index is 0.00479. The fourth-order valence-electron chi connectivity index (χ4n) is 1.46. The molecule has 1 aromatic carbocycles. The number of aromatic nitrogens is 2. The van der Waals surface area contributed by atoms with Crippen LogP contribution >= 0.6 is 31.9 Å². The minimum atomic E-state index is -3.83. The highest BCUT2D eigenvalue weighted by atomic mass is 79.9. The van der Waals surface area contributed by atoms with E-state index >= 15 is 0 Å². The molecule has 7 nitrogen and oxygen atoms in total. The predicted octanol–water partition coefficient (Wildman–Crippen LogP) is 2.39. The van der Waals surface area contributed by atoms with Crippen molar-refractivity contribution in [1.29, 1.82) is 0 Å². The van der Waals surface area contributed by atoms with E-state index in [-0.39, 0.29) is 21.1 Å². The number of benzene rings is 1. The average Bonchev–Trinajstić information content (AvgIpc) is 2.42. The Bertz CT molecular complexity index is 783. The van der Waals surface area contributed by atoms with E-state index in [4.69, 9.17) is 10.5 Å². The Morgan fingerprint density at radius 1 is 1.33 bits per heavy atom. The van der Waals surface area contributed by atoms with Gasteiger partial charge in [-0.2, -0.15) is 0 Å². The van der Waals surface area contributed by atoms with Crippen LogP contribution in [0.4, 0.5) is 11.5 Å². The summed E-state index contributed by atoms with van der Waals surface area (Å²) >= 11 is 6.27. The van der Waals surface area contributed by atoms with Gasteiger partial charge in [-0.1, -0.05) is 0 Å². The van der Waals surface area contributed by atoms with Crippen molar-refractivity contribution in [1.82, 2.24) is 9.97 Å². The number of ether oxygens (including phenoxy) is 1. The Balaban J connectivity index is 2.38. The highest BCUT2D eigenvalue weighted by Gasteiger charge is 2.18. The van der Waals surface area contributed by atoms with E-state index in [0.29, 0.717) is 10.3 Å². The molecule has 112 valence electrons. The summed E-state index contributed by atoms with van der Waals surface area (Å²) in [5.41, 5.74) is 6.01. The molecule has 0 unspecified atom stereocenters.